The van der Waals surface area contributed by atoms with Crippen molar-refractivity contribution in [3.63, 3.8) is 0 Å². The molecule has 2 aromatic rings. The Labute approximate surface area is 68.8 Å². The monoisotopic (exact) mass is 163 g/mol. The van der Waals surface area contributed by atoms with Crippen LogP contribution in [-0.4, -0.2) is 15.0 Å². The standard InChI is InChI=1S/C7H9N5/c1-3-2-10-6-4(3)5(8)11-7(9)12-6/h2H,1H3,(H5,8,9,10,11,12). The van der Waals surface area contributed by atoms with Gasteiger partial charge in [0.25, 0.3) is 0 Å². The molecule has 5 heteroatoms. The Bertz CT molecular complexity index is 431. The molecule has 5 N–H and O–H groups in total. The van der Waals surface area contributed by atoms with Crippen LogP contribution >= 0.6 is 0 Å². The SMILES string of the molecule is Cc1c[nH]c2nc(N)nc(N)c12. The van der Waals surface area contributed by atoms with E-state index in [1.54, 1.807) is 0 Å². The van der Waals surface area contributed by atoms with Gasteiger partial charge in [-0.15, -0.1) is 0 Å². The van der Waals surface area contributed by atoms with Crippen molar-refractivity contribution >= 4 is 22.8 Å². The first-order valence-electron chi connectivity index (χ1n) is 3.55. The van der Waals surface area contributed by atoms with Gasteiger partial charge in [-0.3, -0.25) is 0 Å². The molecule has 0 saturated heterocycles. The third kappa shape index (κ3) is 0.795. The number of aromatic amines is 1. The van der Waals surface area contributed by atoms with Crippen molar-refractivity contribution in [3.05, 3.63) is 11.8 Å². The molecule has 0 bridgehead atoms. The van der Waals surface area contributed by atoms with Gasteiger partial charge in [-0.2, -0.15) is 9.97 Å². The molecule has 2 heterocycles. The summed E-state index contributed by atoms with van der Waals surface area (Å²) < 4.78 is 0. The third-order valence-corrected chi connectivity index (χ3v) is 1.77. The molecule has 0 fully saturated rings. The molecule has 12 heavy (non-hydrogen) atoms. The van der Waals surface area contributed by atoms with E-state index in [2.05, 4.69) is 15.0 Å². The molecule has 0 aliphatic rings. The number of hydrogen-bond acceptors (Lipinski definition) is 4. The number of H-pyrrole nitrogens is 1. The molecule has 0 aromatic carbocycles. The van der Waals surface area contributed by atoms with E-state index in [9.17, 15) is 0 Å². The Morgan fingerprint density at radius 1 is 1.33 bits per heavy atom. The summed E-state index contributed by atoms with van der Waals surface area (Å²) in [6.07, 6.45) is 1.83. The highest BCUT2D eigenvalue weighted by atomic mass is 15.1. The maximum absolute atomic E-state index is 5.65. The highest BCUT2D eigenvalue weighted by Crippen LogP contribution is 2.20. The molecule has 0 spiro atoms. The smallest absolute Gasteiger partial charge is 0.223 e. The number of nitrogens with one attached hydrogen (secondary N) is 1. The van der Waals surface area contributed by atoms with Crippen LogP contribution in [0.25, 0.3) is 11.0 Å². The van der Waals surface area contributed by atoms with Crippen molar-refractivity contribution in [1.82, 2.24) is 15.0 Å². The summed E-state index contributed by atoms with van der Waals surface area (Å²) in [7, 11) is 0. The average molecular weight is 163 g/mol. The van der Waals surface area contributed by atoms with Gasteiger partial charge in [0, 0.05) is 6.20 Å². The molecule has 2 aromatic heterocycles. The van der Waals surface area contributed by atoms with Crippen LogP contribution in [0.15, 0.2) is 6.20 Å². The number of anilines is 2. The Hall–Kier alpha value is -1.78. The summed E-state index contributed by atoms with van der Waals surface area (Å²) >= 11 is 0. The summed E-state index contributed by atoms with van der Waals surface area (Å²) in [5.41, 5.74) is 12.8. The van der Waals surface area contributed by atoms with Crippen LogP contribution in [-0.2, 0) is 0 Å². The van der Waals surface area contributed by atoms with Gasteiger partial charge in [0.2, 0.25) is 5.95 Å². The van der Waals surface area contributed by atoms with Gasteiger partial charge in [-0.1, -0.05) is 0 Å². The predicted octanol–water partition coefficient (Wildman–Crippen LogP) is 0.431. The quantitative estimate of drug-likeness (QED) is 0.525. The van der Waals surface area contributed by atoms with Gasteiger partial charge in [0.05, 0.1) is 5.39 Å². The molecular weight excluding hydrogens is 154 g/mol. The van der Waals surface area contributed by atoms with E-state index < -0.39 is 0 Å². The second-order valence-corrected chi connectivity index (χ2v) is 2.66. The summed E-state index contributed by atoms with van der Waals surface area (Å²) in [4.78, 5) is 10.8. The summed E-state index contributed by atoms with van der Waals surface area (Å²) in [5.74, 6) is 0.623. The van der Waals surface area contributed by atoms with Crippen LogP contribution in [0, 0.1) is 6.92 Å². The zero-order valence-electron chi connectivity index (χ0n) is 6.63. The first kappa shape index (κ1) is 6.90. The van der Waals surface area contributed by atoms with Crippen molar-refractivity contribution in [2.24, 2.45) is 0 Å². The normalized spacial score (nSPS) is 10.8. The van der Waals surface area contributed by atoms with Crippen molar-refractivity contribution in [2.45, 2.75) is 6.92 Å². The van der Waals surface area contributed by atoms with E-state index in [1.807, 2.05) is 13.1 Å². The number of fused-ring (bicyclic) bond motifs is 1. The average Bonchev–Trinajstić information content (AvgIpc) is 2.31. The van der Waals surface area contributed by atoms with E-state index in [0.29, 0.717) is 11.5 Å². The van der Waals surface area contributed by atoms with Crippen molar-refractivity contribution in [3.8, 4) is 0 Å². The van der Waals surface area contributed by atoms with E-state index in [4.69, 9.17) is 11.5 Å². The number of hydrogen-bond donors (Lipinski definition) is 3. The van der Waals surface area contributed by atoms with Crippen LogP contribution in [0.5, 0.6) is 0 Å². The van der Waals surface area contributed by atoms with Crippen LogP contribution in [0.2, 0.25) is 0 Å². The molecule has 2 rings (SSSR count). The number of rotatable bonds is 0. The van der Waals surface area contributed by atoms with Gasteiger partial charge in [-0.25, -0.2) is 0 Å². The number of nitrogens with two attached hydrogens (primary N) is 2. The molecule has 0 aliphatic carbocycles. The Morgan fingerprint density at radius 3 is 2.83 bits per heavy atom. The van der Waals surface area contributed by atoms with Crippen LogP contribution < -0.4 is 11.5 Å². The topological polar surface area (TPSA) is 93.6 Å². The van der Waals surface area contributed by atoms with Gasteiger partial charge in [0.1, 0.15) is 11.5 Å². The van der Waals surface area contributed by atoms with E-state index in [0.717, 1.165) is 10.9 Å². The number of nitrogen functional groups attached to an aromatic ring is 2. The molecule has 0 aliphatic heterocycles. The molecule has 0 amide bonds. The van der Waals surface area contributed by atoms with Crippen molar-refractivity contribution < 1.29 is 0 Å². The first-order valence-corrected chi connectivity index (χ1v) is 3.55. The number of nitrogens with zero attached hydrogens (tertiary/aromatic N) is 2. The van der Waals surface area contributed by atoms with E-state index in [1.165, 1.54) is 0 Å². The maximum Gasteiger partial charge on any atom is 0.223 e. The van der Waals surface area contributed by atoms with Crippen LogP contribution in [0.1, 0.15) is 5.56 Å². The molecule has 0 unspecified atom stereocenters. The summed E-state index contributed by atoms with van der Waals surface area (Å²) in [5, 5.41) is 0.851. The fourth-order valence-corrected chi connectivity index (χ4v) is 1.24. The highest BCUT2D eigenvalue weighted by Gasteiger charge is 2.06. The minimum Gasteiger partial charge on any atom is -0.383 e. The molecule has 5 nitrogen and oxygen atoms in total. The van der Waals surface area contributed by atoms with Crippen molar-refractivity contribution in [2.75, 3.05) is 11.5 Å². The molecule has 62 valence electrons. The number of aryl methyl sites for hydroxylation is 1. The van der Waals surface area contributed by atoms with Gasteiger partial charge in [-0.05, 0) is 12.5 Å². The lowest BCUT2D eigenvalue weighted by Gasteiger charge is -1.97. The van der Waals surface area contributed by atoms with Gasteiger partial charge in [0.15, 0.2) is 0 Å². The largest absolute Gasteiger partial charge is 0.383 e. The predicted molar refractivity (Wildman–Crippen MR) is 47.5 cm³/mol. The van der Waals surface area contributed by atoms with Gasteiger partial charge < -0.3 is 16.5 Å². The Balaban J connectivity index is 2.93. The first-order chi connectivity index (χ1) is 5.68. The lowest BCUT2D eigenvalue weighted by Crippen LogP contribution is -1.99. The Kier molecular flexibility index (Phi) is 1.21. The summed E-state index contributed by atoms with van der Waals surface area (Å²) in [6, 6.07) is 0. The van der Waals surface area contributed by atoms with Crippen LogP contribution in [0.3, 0.4) is 0 Å². The minimum atomic E-state index is 0.196. The zero-order chi connectivity index (χ0) is 8.72. The zero-order valence-corrected chi connectivity index (χ0v) is 6.63. The second kappa shape index (κ2) is 2.10. The highest BCUT2D eigenvalue weighted by molar-refractivity contribution is 5.89. The van der Waals surface area contributed by atoms with E-state index >= 15 is 0 Å². The summed E-state index contributed by atoms with van der Waals surface area (Å²) in [6.45, 7) is 1.94. The molecule has 0 saturated carbocycles. The Morgan fingerprint density at radius 2 is 2.08 bits per heavy atom. The lowest BCUT2D eigenvalue weighted by molar-refractivity contribution is 1.22. The van der Waals surface area contributed by atoms with Crippen LogP contribution in [0.4, 0.5) is 11.8 Å². The molecule has 0 atom stereocenters. The molecular formula is C7H9N5. The van der Waals surface area contributed by atoms with Crippen molar-refractivity contribution in [1.29, 1.82) is 0 Å². The minimum absolute atomic E-state index is 0.196. The maximum atomic E-state index is 5.65. The fourth-order valence-electron chi connectivity index (χ4n) is 1.24. The van der Waals surface area contributed by atoms with E-state index in [-0.39, 0.29) is 5.95 Å². The molecule has 0 radical (unpaired) electrons. The number of aromatic nitrogens is 3. The van der Waals surface area contributed by atoms with Gasteiger partial charge >= 0.3 is 0 Å². The fraction of sp³-hybridized carbons (Fsp3) is 0.143. The lowest BCUT2D eigenvalue weighted by atomic mass is 10.2. The third-order valence-electron chi connectivity index (χ3n) is 1.77. The second-order valence-electron chi connectivity index (χ2n) is 2.66.